The lowest BCUT2D eigenvalue weighted by atomic mass is 10.1. The summed E-state index contributed by atoms with van der Waals surface area (Å²) >= 11 is 0. The first-order valence-electron chi connectivity index (χ1n) is 6.72. The van der Waals surface area contributed by atoms with Crippen LogP contribution in [0.25, 0.3) is 0 Å². The molecule has 0 aliphatic carbocycles. The summed E-state index contributed by atoms with van der Waals surface area (Å²) in [5, 5.41) is 1.59. The van der Waals surface area contributed by atoms with Gasteiger partial charge in [-0.2, -0.15) is 0 Å². The molecule has 0 saturated heterocycles. The molecule has 1 nitrogen and oxygen atoms in total. The van der Waals surface area contributed by atoms with Gasteiger partial charge in [0.05, 0.1) is 8.07 Å². The Bertz CT molecular complexity index is 271. The minimum absolute atomic E-state index is 1.05. The molecule has 1 rings (SSSR count). The summed E-state index contributed by atoms with van der Waals surface area (Å²) in [5.41, 5.74) is 1.36. The van der Waals surface area contributed by atoms with E-state index < -0.39 is 8.07 Å². The predicted octanol–water partition coefficient (Wildman–Crippen LogP) is 4.61. The Morgan fingerprint density at radius 3 is 2.38 bits per heavy atom. The Morgan fingerprint density at radius 1 is 1.06 bits per heavy atom. The smallest absolute Gasteiger partial charge is 0.0721 e. The number of nitrogens with zero attached hydrogens (tertiary/aromatic N) is 1. The summed E-state index contributed by atoms with van der Waals surface area (Å²) in [4.78, 5) is 4.76. The lowest BCUT2D eigenvalue weighted by Gasteiger charge is -2.17. The normalized spacial score (nSPS) is 20.8. The van der Waals surface area contributed by atoms with E-state index in [1.807, 2.05) is 0 Å². The fourth-order valence-electron chi connectivity index (χ4n) is 1.83. The van der Waals surface area contributed by atoms with Crippen LogP contribution in [0.5, 0.6) is 0 Å². The molecule has 1 aliphatic heterocycles. The van der Waals surface area contributed by atoms with Crippen molar-refractivity contribution in [2.24, 2.45) is 4.99 Å². The van der Waals surface area contributed by atoms with Crippen molar-refractivity contribution in [3.63, 3.8) is 0 Å². The van der Waals surface area contributed by atoms with Crippen LogP contribution in [-0.4, -0.2) is 20.3 Å². The highest BCUT2D eigenvalue weighted by molar-refractivity contribution is 6.83. The molecule has 0 atom stereocenters. The molecule has 0 aromatic rings. The molecule has 0 aromatic heterocycles. The molecule has 0 aromatic carbocycles. The van der Waals surface area contributed by atoms with Crippen molar-refractivity contribution >= 4 is 13.8 Å². The molecule has 92 valence electrons. The third-order valence-corrected chi connectivity index (χ3v) is 5.98. The molecule has 0 fully saturated rings. The molecule has 0 unspecified atom stereocenters. The average Bonchev–Trinajstić information content (AvgIpc) is 2.30. The minimum atomic E-state index is -1.11. The largest absolute Gasteiger partial charge is 0.290 e. The lowest BCUT2D eigenvalue weighted by molar-refractivity contribution is 0.639. The Balaban J connectivity index is 2.68. The van der Waals surface area contributed by atoms with Crippen molar-refractivity contribution in [3.05, 3.63) is 11.3 Å². The van der Waals surface area contributed by atoms with Gasteiger partial charge in [-0.15, -0.1) is 0 Å². The summed E-state index contributed by atoms with van der Waals surface area (Å²) < 4.78 is 0. The topological polar surface area (TPSA) is 12.4 Å². The molecule has 2 heteroatoms. The molecule has 0 saturated carbocycles. The number of rotatable bonds is 2. The van der Waals surface area contributed by atoms with Crippen LogP contribution in [0.2, 0.25) is 19.6 Å². The Morgan fingerprint density at radius 2 is 1.69 bits per heavy atom. The van der Waals surface area contributed by atoms with Crippen LogP contribution in [0, 0.1) is 0 Å². The van der Waals surface area contributed by atoms with Crippen molar-refractivity contribution in [3.8, 4) is 0 Å². The standard InChI is InChI=1S/C14H27NSi/c1-13(16(2,3)4)12-14-10-8-6-5-7-9-11-15-14/h12H,5-11H2,1-4H3/b13-12+,15-14?. The Labute approximate surface area is 102 Å². The first-order chi connectivity index (χ1) is 7.50. The van der Waals surface area contributed by atoms with E-state index in [1.54, 1.807) is 5.20 Å². The maximum Gasteiger partial charge on any atom is 0.0721 e. The van der Waals surface area contributed by atoms with E-state index in [0.29, 0.717) is 0 Å². The van der Waals surface area contributed by atoms with E-state index in [4.69, 9.17) is 4.99 Å². The monoisotopic (exact) mass is 237 g/mol. The van der Waals surface area contributed by atoms with E-state index in [0.717, 1.165) is 6.54 Å². The lowest BCUT2D eigenvalue weighted by Crippen LogP contribution is -2.22. The van der Waals surface area contributed by atoms with Crippen LogP contribution in [-0.2, 0) is 0 Å². The van der Waals surface area contributed by atoms with Gasteiger partial charge in [-0.25, -0.2) is 0 Å². The van der Waals surface area contributed by atoms with Gasteiger partial charge in [-0.3, -0.25) is 4.99 Å². The predicted molar refractivity (Wildman–Crippen MR) is 77.1 cm³/mol. The maximum atomic E-state index is 4.76. The molecule has 1 heterocycles. The van der Waals surface area contributed by atoms with Gasteiger partial charge in [-0.1, -0.05) is 44.1 Å². The second-order valence-electron chi connectivity index (χ2n) is 5.97. The fourth-order valence-corrected chi connectivity index (χ4v) is 2.43. The minimum Gasteiger partial charge on any atom is -0.290 e. The quantitative estimate of drug-likeness (QED) is 0.622. The van der Waals surface area contributed by atoms with Crippen LogP contribution in [0.1, 0.15) is 45.4 Å². The molecule has 1 aliphatic rings. The van der Waals surface area contributed by atoms with Crippen molar-refractivity contribution < 1.29 is 0 Å². The third-order valence-electron chi connectivity index (χ3n) is 3.47. The first kappa shape index (κ1) is 13.7. The molecule has 16 heavy (non-hydrogen) atoms. The molecule has 0 spiro atoms. The van der Waals surface area contributed by atoms with E-state index in [2.05, 4.69) is 32.6 Å². The van der Waals surface area contributed by atoms with Gasteiger partial charge in [0.15, 0.2) is 0 Å². The van der Waals surface area contributed by atoms with E-state index >= 15 is 0 Å². The van der Waals surface area contributed by atoms with Gasteiger partial charge in [-0.05, 0) is 32.3 Å². The Hall–Kier alpha value is -0.373. The van der Waals surface area contributed by atoms with Gasteiger partial charge in [0, 0.05) is 12.3 Å². The zero-order valence-electron chi connectivity index (χ0n) is 11.5. The zero-order chi connectivity index (χ0) is 12.0. The highest BCUT2D eigenvalue weighted by Crippen LogP contribution is 2.16. The van der Waals surface area contributed by atoms with Crippen LogP contribution in [0.3, 0.4) is 0 Å². The van der Waals surface area contributed by atoms with Gasteiger partial charge in [0.25, 0.3) is 0 Å². The third kappa shape index (κ3) is 5.11. The molecule has 0 bridgehead atoms. The van der Waals surface area contributed by atoms with E-state index in [9.17, 15) is 0 Å². The van der Waals surface area contributed by atoms with Gasteiger partial charge in [0.1, 0.15) is 0 Å². The Kier molecular flexibility index (Phi) is 5.46. The van der Waals surface area contributed by atoms with Crippen molar-refractivity contribution in [2.75, 3.05) is 6.54 Å². The van der Waals surface area contributed by atoms with E-state index in [-0.39, 0.29) is 0 Å². The zero-order valence-corrected chi connectivity index (χ0v) is 12.5. The number of hydrogen-bond acceptors (Lipinski definition) is 1. The SMILES string of the molecule is C/C(=C\C1=NCCCCCCC1)[Si](C)(C)C. The fraction of sp³-hybridized carbons (Fsp3) is 0.786. The summed E-state index contributed by atoms with van der Waals surface area (Å²) in [7, 11) is -1.11. The van der Waals surface area contributed by atoms with E-state index in [1.165, 1.54) is 44.2 Å². The highest BCUT2D eigenvalue weighted by atomic mass is 28.3. The second-order valence-corrected chi connectivity index (χ2v) is 11.3. The summed E-state index contributed by atoms with van der Waals surface area (Å²) in [6.07, 6.45) is 10.4. The number of hydrogen-bond donors (Lipinski definition) is 0. The summed E-state index contributed by atoms with van der Waals surface area (Å²) in [6, 6.07) is 0. The number of aliphatic imine (C=N–C) groups is 1. The number of allylic oxidation sites excluding steroid dienone is 2. The first-order valence-corrected chi connectivity index (χ1v) is 10.2. The average molecular weight is 237 g/mol. The maximum absolute atomic E-state index is 4.76. The molecule has 0 radical (unpaired) electrons. The van der Waals surface area contributed by atoms with Gasteiger partial charge >= 0.3 is 0 Å². The summed E-state index contributed by atoms with van der Waals surface area (Å²) in [6.45, 7) is 10.6. The van der Waals surface area contributed by atoms with Gasteiger partial charge in [0.2, 0.25) is 0 Å². The van der Waals surface area contributed by atoms with Crippen molar-refractivity contribution in [2.45, 2.75) is 65.1 Å². The van der Waals surface area contributed by atoms with Gasteiger partial charge < -0.3 is 0 Å². The molecular weight excluding hydrogens is 210 g/mol. The second kappa shape index (κ2) is 6.38. The molecular formula is C14H27NSi. The summed E-state index contributed by atoms with van der Waals surface area (Å²) in [5.74, 6) is 0. The van der Waals surface area contributed by atoms with Crippen LogP contribution in [0.15, 0.2) is 16.3 Å². The van der Waals surface area contributed by atoms with Crippen LogP contribution < -0.4 is 0 Å². The van der Waals surface area contributed by atoms with Crippen LogP contribution >= 0.6 is 0 Å². The van der Waals surface area contributed by atoms with Crippen molar-refractivity contribution in [1.29, 1.82) is 0 Å². The van der Waals surface area contributed by atoms with Crippen molar-refractivity contribution in [1.82, 2.24) is 0 Å². The highest BCUT2D eigenvalue weighted by Gasteiger charge is 2.15. The molecule has 0 amide bonds. The molecule has 0 N–H and O–H groups in total. The van der Waals surface area contributed by atoms with Crippen LogP contribution in [0.4, 0.5) is 0 Å².